The Bertz CT molecular complexity index is 801. The normalized spacial score (nSPS) is 30.5. The van der Waals surface area contributed by atoms with Crippen molar-refractivity contribution < 1.29 is 44.2 Å². The number of ether oxygens (including phenoxy) is 1. The molecule has 146 valence electrons. The highest BCUT2D eigenvalue weighted by atomic mass is 19.1. The molecule has 0 saturated carbocycles. The predicted molar refractivity (Wildman–Crippen MR) is 90.5 cm³/mol. The van der Waals surface area contributed by atoms with Crippen LogP contribution in [0.1, 0.15) is 29.3 Å². The second-order valence-electron chi connectivity index (χ2n) is 6.13. The number of cyclic esters (lactones) is 1. The molecule has 0 aliphatic carbocycles. The van der Waals surface area contributed by atoms with Gasteiger partial charge in [-0.25, -0.2) is 9.18 Å². The second kappa shape index (κ2) is 8.30. The molecular formula is C18H19FO8. The molecule has 0 radical (unpaired) electrons. The van der Waals surface area contributed by atoms with Gasteiger partial charge in [0.05, 0.1) is 0 Å². The van der Waals surface area contributed by atoms with Crippen molar-refractivity contribution in [1.82, 2.24) is 0 Å². The number of rotatable bonds is 0. The van der Waals surface area contributed by atoms with Gasteiger partial charge in [0.1, 0.15) is 47.3 Å². The highest BCUT2D eigenvalue weighted by Gasteiger charge is 2.29. The number of phenols is 2. The number of aliphatic hydroxyl groups excluding tert-OH is 3. The number of aliphatic hydroxyl groups is 3. The Morgan fingerprint density at radius 1 is 1.15 bits per heavy atom. The Morgan fingerprint density at radius 3 is 2.48 bits per heavy atom. The first-order valence-electron chi connectivity index (χ1n) is 7.99. The van der Waals surface area contributed by atoms with Crippen LogP contribution >= 0.6 is 0 Å². The van der Waals surface area contributed by atoms with Crippen molar-refractivity contribution in [3.8, 4) is 11.5 Å². The van der Waals surface area contributed by atoms with E-state index in [0.29, 0.717) is 6.08 Å². The fourth-order valence-electron chi connectivity index (χ4n) is 2.51. The number of phenolic OH excluding ortho intramolecular Hbond substituents is 2. The molecule has 1 aliphatic heterocycles. The number of halogens is 1. The lowest BCUT2D eigenvalue weighted by Gasteiger charge is -2.20. The van der Waals surface area contributed by atoms with Crippen LogP contribution in [0.3, 0.4) is 0 Å². The summed E-state index contributed by atoms with van der Waals surface area (Å²) >= 11 is 0. The average Bonchev–Trinajstić information content (AvgIpc) is 2.56. The van der Waals surface area contributed by atoms with Crippen LogP contribution in [-0.2, 0) is 9.53 Å². The lowest BCUT2D eigenvalue weighted by atomic mass is 10.00. The molecule has 0 saturated heterocycles. The third-order valence-electron chi connectivity index (χ3n) is 3.86. The van der Waals surface area contributed by atoms with Gasteiger partial charge in [0, 0.05) is 18.6 Å². The first kappa shape index (κ1) is 20.6. The second-order valence-corrected chi connectivity index (χ2v) is 6.13. The number of ketones is 1. The highest BCUT2D eigenvalue weighted by molar-refractivity contribution is 5.97. The summed E-state index contributed by atoms with van der Waals surface area (Å²) in [6, 6.07) is 1.99. The molecule has 1 aliphatic rings. The van der Waals surface area contributed by atoms with E-state index in [0.717, 1.165) is 24.3 Å². The van der Waals surface area contributed by atoms with Crippen LogP contribution < -0.4 is 0 Å². The minimum atomic E-state index is -2.09. The zero-order chi connectivity index (χ0) is 20.3. The number of hydrogen-bond acceptors (Lipinski definition) is 8. The smallest absolute Gasteiger partial charge is 0.342 e. The van der Waals surface area contributed by atoms with Crippen LogP contribution in [0.5, 0.6) is 11.5 Å². The summed E-state index contributed by atoms with van der Waals surface area (Å²) in [5.41, 5.74) is -0.416. The van der Waals surface area contributed by atoms with Gasteiger partial charge in [0.25, 0.3) is 0 Å². The molecule has 8 nitrogen and oxygen atoms in total. The summed E-state index contributed by atoms with van der Waals surface area (Å²) in [6.07, 6.45) is -4.88. The number of aromatic hydroxyl groups is 2. The maximum absolute atomic E-state index is 13.9. The number of fused-ring (bicyclic) bond motifs is 1. The molecule has 0 spiro atoms. The molecule has 5 N–H and O–H groups in total. The Labute approximate surface area is 153 Å². The van der Waals surface area contributed by atoms with Crippen molar-refractivity contribution in [1.29, 1.82) is 0 Å². The van der Waals surface area contributed by atoms with Gasteiger partial charge in [-0.05, 0) is 18.6 Å². The van der Waals surface area contributed by atoms with Crippen LogP contribution in [0.25, 0.3) is 6.08 Å². The highest BCUT2D eigenvalue weighted by Crippen LogP contribution is 2.30. The van der Waals surface area contributed by atoms with Crippen LogP contribution in [-0.4, -0.2) is 61.7 Å². The van der Waals surface area contributed by atoms with Gasteiger partial charge in [0.2, 0.25) is 0 Å². The van der Waals surface area contributed by atoms with Crippen molar-refractivity contribution in [2.24, 2.45) is 0 Å². The fourth-order valence-corrected chi connectivity index (χ4v) is 2.51. The molecule has 0 bridgehead atoms. The lowest BCUT2D eigenvalue weighted by Crippen LogP contribution is -2.40. The Morgan fingerprint density at radius 2 is 1.81 bits per heavy atom. The van der Waals surface area contributed by atoms with Crippen molar-refractivity contribution in [3.05, 3.63) is 41.2 Å². The van der Waals surface area contributed by atoms with Crippen molar-refractivity contribution in [3.63, 3.8) is 0 Å². The van der Waals surface area contributed by atoms with E-state index >= 15 is 0 Å². The summed E-state index contributed by atoms with van der Waals surface area (Å²) in [5, 5.41) is 49.1. The molecule has 4 atom stereocenters. The lowest BCUT2D eigenvalue weighted by molar-refractivity contribution is -0.131. The van der Waals surface area contributed by atoms with Gasteiger partial charge < -0.3 is 30.3 Å². The zero-order valence-electron chi connectivity index (χ0n) is 14.2. The van der Waals surface area contributed by atoms with Crippen molar-refractivity contribution in [2.45, 2.75) is 37.8 Å². The quantitative estimate of drug-likeness (QED) is 0.410. The summed E-state index contributed by atoms with van der Waals surface area (Å²) in [4.78, 5) is 24.1. The monoisotopic (exact) mass is 382 g/mol. The van der Waals surface area contributed by atoms with E-state index in [4.69, 9.17) is 4.74 Å². The molecule has 0 unspecified atom stereocenters. The number of carbonyl (C=O) groups excluding carboxylic acids is 2. The molecule has 27 heavy (non-hydrogen) atoms. The topological polar surface area (TPSA) is 145 Å². The molecule has 0 fully saturated rings. The molecule has 0 aromatic heterocycles. The molecular weight excluding hydrogens is 363 g/mol. The van der Waals surface area contributed by atoms with E-state index in [9.17, 15) is 39.5 Å². The van der Waals surface area contributed by atoms with Gasteiger partial charge >= 0.3 is 5.97 Å². The van der Waals surface area contributed by atoms with Gasteiger partial charge in [-0.1, -0.05) is 12.2 Å². The molecule has 9 heteroatoms. The minimum absolute atomic E-state index is 0.0650. The zero-order valence-corrected chi connectivity index (χ0v) is 14.2. The molecule has 1 aromatic rings. The maximum Gasteiger partial charge on any atom is 0.342 e. The van der Waals surface area contributed by atoms with Crippen molar-refractivity contribution >= 4 is 17.8 Å². The van der Waals surface area contributed by atoms with Crippen LogP contribution in [0.15, 0.2) is 30.1 Å². The fraction of sp³-hybridized carbons (Fsp3) is 0.333. The van der Waals surface area contributed by atoms with Crippen LogP contribution in [0.4, 0.5) is 4.39 Å². The SMILES string of the molecule is C[C@H]1C/C(F)=C\C(=O)[C@@H](O)[C@@H](O)[C@@H](O)/C=C/c2cc(O)cc(O)c2C(=O)O1. The van der Waals surface area contributed by atoms with E-state index in [1.807, 2.05) is 0 Å². The number of esters is 1. The first-order valence-corrected chi connectivity index (χ1v) is 7.99. The first-order chi connectivity index (χ1) is 12.6. The van der Waals surface area contributed by atoms with E-state index < -0.39 is 59.9 Å². The van der Waals surface area contributed by atoms with Gasteiger partial charge in [-0.3, -0.25) is 4.79 Å². The number of hydrogen-bond donors (Lipinski definition) is 5. The molecule has 2 rings (SSSR count). The maximum atomic E-state index is 13.9. The van der Waals surface area contributed by atoms with Crippen LogP contribution in [0.2, 0.25) is 0 Å². The Hall–Kier alpha value is -2.75. The van der Waals surface area contributed by atoms with E-state index in [-0.39, 0.29) is 11.1 Å². The molecule has 0 amide bonds. The molecule has 1 heterocycles. The summed E-state index contributed by atoms with van der Waals surface area (Å²) in [5.74, 6) is -4.20. The third-order valence-corrected chi connectivity index (χ3v) is 3.86. The Balaban J connectivity index is 2.54. The molecule has 1 aromatic carbocycles. The summed E-state index contributed by atoms with van der Waals surface area (Å²) in [6.45, 7) is 1.35. The number of carbonyl (C=O) groups is 2. The number of benzene rings is 1. The van der Waals surface area contributed by atoms with E-state index in [1.54, 1.807) is 0 Å². The largest absolute Gasteiger partial charge is 0.508 e. The third kappa shape index (κ3) is 4.91. The predicted octanol–water partition coefficient (Wildman–Crippen LogP) is 0.565. The standard InChI is InChI=1S/C18H19FO8/c1-8-4-10(19)6-14(23)17(25)16(24)12(21)3-2-9-5-11(20)7-13(22)15(9)18(26)27-8/h2-3,5-8,12,16-17,20-22,24-25H,4H2,1H3/b3-2+,10-6+/t8-,12-,16-,17+/m0/s1. The summed E-state index contributed by atoms with van der Waals surface area (Å²) < 4.78 is 18.9. The van der Waals surface area contributed by atoms with E-state index in [2.05, 4.69) is 0 Å². The minimum Gasteiger partial charge on any atom is -0.508 e. The summed E-state index contributed by atoms with van der Waals surface area (Å²) in [7, 11) is 0. The van der Waals surface area contributed by atoms with Gasteiger partial charge in [0.15, 0.2) is 5.78 Å². The van der Waals surface area contributed by atoms with E-state index in [1.165, 1.54) is 6.92 Å². The van der Waals surface area contributed by atoms with Gasteiger partial charge in [-0.15, -0.1) is 0 Å². The average molecular weight is 382 g/mol. The Kier molecular flexibility index (Phi) is 6.32. The van der Waals surface area contributed by atoms with Crippen LogP contribution in [0, 0.1) is 0 Å². The van der Waals surface area contributed by atoms with Gasteiger partial charge in [-0.2, -0.15) is 0 Å². The van der Waals surface area contributed by atoms with Crippen molar-refractivity contribution in [2.75, 3.05) is 0 Å².